The number of nitrogens with one attached hydrogen (secondary N) is 1. The van der Waals surface area contributed by atoms with Crippen molar-refractivity contribution in [3.05, 3.63) is 98.7 Å². The Morgan fingerprint density at radius 1 is 0.893 bits per heavy atom. The van der Waals surface area contributed by atoms with Crippen LogP contribution in [0.2, 0.25) is 0 Å². The maximum atomic E-state index is 12.5. The van der Waals surface area contributed by atoms with Gasteiger partial charge in [0.05, 0.1) is 17.6 Å². The summed E-state index contributed by atoms with van der Waals surface area (Å²) < 4.78 is 4.15. The van der Waals surface area contributed by atoms with Crippen LogP contribution in [0.5, 0.6) is 0 Å². The Labute approximate surface area is 179 Å². The van der Waals surface area contributed by atoms with Crippen molar-refractivity contribution >= 4 is 48.8 Å². The number of carbonyl (C=O) groups excluding carboxylic acids is 1. The van der Waals surface area contributed by atoms with E-state index >= 15 is 0 Å². The van der Waals surface area contributed by atoms with E-state index in [4.69, 9.17) is 4.98 Å². The van der Waals surface area contributed by atoms with E-state index in [1.165, 1.54) is 5.56 Å². The van der Waals surface area contributed by atoms with E-state index < -0.39 is 0 Å². The number of aromatic nitrogens is 2. The summed E-state index contributed by atoms with van der Waals surface area (Å²) in [5, 5.41) is 2.99. The maximum Gasteiger partial charge on any atom is 0.251 e. The fraction of sp³-hybridized carbons (Fsp3) is 0.0909. The molecule has 4 aromatic rings. The van der Waals surface area contributed by atoms with E-state index in [2.05, 4.69) is 59.9 Å². The molecule has 4 nitrogen and oxygen atoms in total. The predicted octanol–water partition coefficient (Wildman–Crippen LogP) is 5.54. The molecule has 0 spiro atoms. The third-order valence-corrected chi connectivity index (χ3v) is 5.56. The molecule has 0 aliphatic carbocycles. The third kappa shape index (κ3) is 4.18. The minimum Gasteiger partial charge on any atom is -0.345 e. The molecule has 0 fully saturated rings. The van der Waals surface area contributed by atoms with E-state index in [1.807, 2.05) is 42.5 Å². The summed E-state index contributed by atoms with van der Waals surface area (Å²) in [6.45, 7) is 1.05. The fourth-order valence-corrected chi connectivity index (χ4v) is 3.60. The number of carbonyl (C=O) groups is 1. The van der Waals surface area contributed by atoms with Crippen LogP contribution in [0.1, 0.15) is 21.7 Å². The highest BCUT2D eigenvalue weighted by molar-refractivity contribution is 9.10. The Bertz CT molecular complexity index is 1120. The van der Waals surface area contributed by atoms with Crippen LogP contribution < -0.4 is 5.32 Å². The van der Waals surface area contributed by atoms with Crippen molar-refractivity contribution < 1.29 is 4.79 Å². The monoisotopic (exact) mass is 497 g/mol. The van der Waals surface area contributed by atoms with E-state index in [0.717, 1.165) is 25.8 Å². The molecule has 3 aromatic carbocycles. The van der Waals surface area contributed by atoms with Crippen molar-refractivity contribution in [2.45, 2.75) is 13.1 Å². The molecule has 1 heterocycles. The third-order valence-electron chi connectivity index (χ3n) is 4.50. The van der Waals surface area contributed by atoms with Gasteiger partial charge in [0.15, 0.2) is 0 Å². The topological polar surface area (TPSA) is 46.9 Å². The Morgan fingerprint density at radius 2 is 1.54 bits per heavy atom. The Balaban J connectivity index is 1.60. The quantitative estimate of drug-likeness (QED) is 0.392. The van der Waals surface area contributed by atoms with Gasteiger partial charge in [-0.15, -0.1) is 0 Å². The number of nitrogens with zero attached hydrogens (tertiary/aromatic N) is 2. The first-order chi connectivity index (χ1) is 13.6. The van der Waals surface area contributed by atoms with Crippen molar-refractivity contribution in [2.75, 3.05) is 0 Å². The minimum absolute atomic E-state index is 0.116. The average Bonchev–Trinajstić information content (AvgIpc) is 3.06. The van der Waals surface area contributed by atoms with Gasteiger partial charge in [0.2, 0.25) is 0 Å². The van der Waals surface area contributed by atoms with E-state index in [0.29, 0.717) is 18.7 Å². The molecule has 1 N–H and O–H groups in total. The molecule has 0 radical (unpaired) electrons. The Kier molecular flexibility index (Phi) is 5.59. The van der Waals surface area contributed by atoms with Crippen LogP contribution >= 0.6 is 31.9 Å². The molecule has 140 valence electrons. The summed E-state index contributed by atoms with van der Waals surface area (Å²) >= 11 is 6.86. The lowest BCUT2D eigenvalue weighted by Crippen LogP contribution is -2.24. The summed E-state index contributed by atoms with van der Waals surface area (Å²) in [6.07, 6.45) is 0. The van der Waals surface area contributed by atoms with E-state index in [9.17, 15) is 4.79 Å². The summed E-state index contributed by atoms with van der Waals surface area (Å²) in [4.78, 5) is 17.2. The van der Waals surface area contributed by atoms with Gasteiger partial charge in [0.1, 0.15) is 5.82 Å². The Hall–Kier alpha value is -2.44. The van der Waals surface area contributed by atoms with Gasteiger partial charge in [-0.25, -0.2) is 4.98 Å². The van der Waals surface area contributed by atoms with Crippen LogP contribution in [0.15, 0.2) is 81.7 Å². The molecular weight excluding hydrogens is 482 g/mol. The van der Waals surface area contributed by atoms with Gasteiger partial charge in [-0.05, 0) is 54.1 Å². The Morgan fingerprint density at radius 3 is 2.25 bits per heavy atom. The number of hydrogen-bond acceptors (Lipinski definition) is 2. The number of para-hydroxylation sites is 2. The molecule has 0 atom stereocenters. The first-order valence-electron chi connectivity index (χ1n) is 8.82. The smallest absolute Gasteiger partial charge is 0.251 e. The van der Waals surface area contributed by atoms with Gasteiger partial charge >= 0.3 is 0 Å². The van der Waals surface area contributed by atoms with Crippen LogP contribution in [-0.2, 0) is 13.1 Å². The molecule has 0 bridgehead atoms. The summed E-state index contributed by atoms with van der Waals surface area (Å²) in [7, 11) is 0. The highest BCUT2D eigenvalue weighted by Crippen LogP contribution is 2.19. The lowest BCUT2D eigenvalue weighted by molar-refractivity contribution is 0.0949. The van der Waals surface area contributed by atoms with Gasteiger partial charge in [0, 0.05) is 21.1 Å². The number of halogens is 2. The molecule has 1 amide bonds. The summed E-state index contributed by atoms with van der Waals surface area (Å²) in [6, 6.07) is 23.6. The van der Waals surface area contributed by atoms with Crippen molar-refractivity contribution in [1.29, 1.82) is 0 Å². The van der Waals surface area contributed by atoms with Gasteiger partial charge in [0.25, 0.3) is 5.91 Å². The van der Waals surface area contributed by atoms with Gasteiger partial charge in [-0.1, -0.05) is 56.1 Å². The maximum absolute atomic E-state index is 12.5. The second-order valence-electron chi connectivity index (χ2n) is 6.42. The molecule has 0 unspecified atom stereocenters. The number of imidazole rings is 1. The zero-order chi connectivity index (χ0) is 19.5. The van der Waals surface area contributed by atoms with Gasteiger partial charge < -0.3 is 9.88 Å². The molecule has 0 saturated heterocycles. The number of fused-ring (bicyclic) bond motifs is 1. The lowest BCUT2D eigenvalue weighted by Gasteiger charge is -2.11. The molecule has 0 aliphatic heterocycles. The second-order valence-corrected chi connectivity index (χ2v) is 8.25. The zero-order valence-corrected chi connectivity index (χ0v) is 18.1. The normalized spacial score (nSPS) is 10.9. The van der Waals surface area contributed by atoms with Crippen LogP contribution in [0.4, 0.5) is 0 Å². The number of amides is 1. The summed E-state index contributed by atoms with van der Waals surface area (Å²) in [5.41, 5.74) is 3.77. The van der Waals surface area contributed by atoms with Crippen molar-refractivity contribution in [1.82, 2.24) is 14.9 Å². The standard InChI is InChI=1S/C22H17Br2N3O/c23-17-9-5-15(6-10-17)14-27-20-4-2-1-3-19(20)26-21(27)13-25-22(28)16-7-11-18(24)12-8-16/h1-12H,13-14H2,(H,25,28). The summed E-state index contributed by atoms with van der Waals surface area (Å²) in [5.74, 6) is 0.712. The van der Waals surface area contributed by atoms with E-state index in [1.54, 1.807) is 12.1 Å². The molecule has 0 saturated carbocycles. The van der Waals surface area contributed by atoms with Crippen molar-refractivity contribution in [3.8, 4) is 0 Å². The molecule has 1 aromatic heterocycles. The van der Waals surface area contributed by atoms with Crippen LogP contribution in [-0.4, -0.2) is 15.5 Å². The average molecular weight is 499 g/mol. The largest absolute Gasteiger partial charge is 0.345 e. The highest BCUT2D eigenvalue weighted by Gasteiger charge is 2.13. The van der Waals surface area contributed by atoms with E-state index in [-0.39, 0.29) is 5.91 Å². The molecule has 28 heavy (non-hydrogen) atoms. The molecule has 0 aliphatic rings. The van der Waals surface area contributed by atoms with Crippen molar-refractivity contribution in [3.63, 3.8) is 0 Å². The highest BCUT2D eigenvalue weighted by atomic mass is 79.9. The fourth-order valence-electron chi connectivity index (χ4n) is 3.07. The van der Waals surface area contributed by atoms with Gasteiger partial charge in [-0.3, -0.25) is 4.79 Å². The van der Waals surface area contributed by atoms with Crippen molar-refractivity contribution in [2.24, 2.45) is 0 Å². The predicted molar refractivity (Wildman–Crippen MR) is 118 cm³/mol. The zero-order valence-electron chi connectivity index (χ0n) is 14.9. The number of benzene rings is 3. The SMILES string of the molecule is O=C(NCc1nc2ccccc2n1Cc1ccc(Br)cc1)c1ccc(Br)cc1. The molecule has 6 heteroatoms. The van der Waals surface area contributed by atoms with Crippen LogP contribution in [0.25, 0.3) is 11.0 Å². The minimum atomic E-state index is -0.116. The van der Waals surface area contributed by atoms with Crippen LogP contribution in [0, 0.1) is 0 Å². The number of rotatable bonds is 5. The number of hydrogen-bond donors (Lipinski definition) is 1. The molecule has 4 rings (SSSR count). The molecular formula is C22H17Br2N3O. The first-order valence-corrected chi connectivity index (χ1v) is 10.4. The second kappa shape index (κ2) is 8.29. The lowest BCUT2D eigenvalue weighted by atomic mass is 10.2. The van der Waals surface area contributed by atoms with Gasteiger partial charge in [-0.2, -0.15) is 0 Å². The van der Waals surface area contributed by atoms with Crippen LogP contribution in [0.3, 0.4) is 0 Å². The first kappa shape index (κ1) is 18.9.